The summed E-state index contributed by atoms with van der Waals surface area (Å²) in [5.74, 6) is -0.287. The molecule has 21 heavy (non-hydrogen) atoms. The van der Waals surface area contributed by atoms with Gasteiger partial charge in [0.15, 0.2) is 9.84 Å². The number of benzene rings is 2. The minimum Gasteiger partial charge on any atom is -0.377 e. The Hall–Kier alpha value is -1.88. The minimum absolute atomic E-state index is 0.0406. The molecule has 0 spiro atoms. The zero-order valence-corrected chi connectivity index (χ0v) is 13.1. The van der Waals surface area contributed by atoms with Crippen LogP contribution in [0.25, 0.3) is 11.1 Å². The van der Waals surface area contributed by atoms with Crippen molar-refractivity contribution in [3.8, 4) is 11.1 Å². The molecule has 0 fully saturated rings. The van der Waals surface area contributed by atoms with Crippen molar-refractivity contribution in [2.45, 2.75) is 11.8 Å². The van der Waals surface area contributed by atoms with Gasteiger partial charge < -0.3 is 4.90 Å². The summed E-state index contributed by atoms with van der Waals surface area (Å²) in [7, 11) is 0.331. The van der Waals surface area contributed by atoms with E-state index in [1.54, 1.807) is 42.2 Å². The Morgan fingerprint density at radius 3 is 2.29 bits per heavy atom. The van der Waals surface area contributed by atoms with E-state index < -0.39 is 9.84 Å². The number of hydrogen-bond donors (Lipinski definition) is 0. The lowest BCUT2D eigenvalue weighted by atomic mass is 10.0. The highest BCUT2D eigenvalue weighted by Gasteiger charge is 2.17. The third-order valence-corrected chi connectivity index (χ3v) is 5.09. The van der Waals surface area contributed by atoms with E-state index in [1.807, 2.05) is 14.1 Å². The Kier molecular flexibility index (Phi) is 4.32. The predicted molar refractivity (Wildman–Crippen MR) is 83.9 cm³/mol. The van der Waals surface area contributed by atoms with Gasteiger partial charge in [-0.1, -0.05) is 31.2 Å². The molecule has 0 atom stereocenters. The molecule has 0 saturated heterocycles. The second kappa shape index (κ2) is 5.85. The van der Waals surface area contributed by atoms with Crippen LogP contribution in [0.15, 0.2) is 47.4 Å². The molecule has 112 valence electrons. The molecule has 2 rings (SSSR count). The summed E-state index contributed by atoms with van der Waals surface area (Å²) in [6.07, 6.45) is 0. The van der Waals surface area contributed by atoms with Crippen LogP contribution in [0.1, 0.15) is 6.92 Å². The van der Waals surface area contributed by atoms with Gasteiger partial charge >= 0.3 is 0 Å². The summed E-state index contributed by atoms with van der Waals surface area (Å²) >= 11 is 0. The summed E-state index contributed by atoms with van der Waals surface area (Å²) < 4.78 is 38.0. The van der Waals surface area contributed by atoms with Gasteiger partial charge in [-0.2, -0.15) is 0 Å². The van der Waals surface area contributed by atoms with Crippen LogP contribution in [0.3, 0.4) is 0 Å². The molecule has 5 heteroatoms. The van der Waals surface area contributed by atoms with Gasteiger partial charge in [0.25, 0.3) is 0 Å². The van der Waals surface area contributed by atoms with E-state index in [1.165, 1.54) is 12.1 Å². The van der Waals surface area contributed by atoms with Crippen molar-refractivity contribution in [3.63, 3.8) is 0 Å². The number of nitrogens with zero attached hydrogens (tertiary/aromatic N) is 1. The van der Waals surface area contributed by atoms with Crippen molar-refractivity contribution < 1.29 is 12.8 Å². The van der Waals surface area contributed by atoms with Crippen molar-refractivity contribution in [3.05, 3.63) is 48.3 Å². The Balaban J connectivity index is 2.67. The molecule has 0 bridgehead atoms. The van der Waals surface area contributed by atoms with Crippen LogP contribution in [0, 0.1) is 5.82 Å². The second-order valence-corrected chi connectivity index (χ2v) is 7.23. The molecule has 0 unspecified atom stereocenters. The summed E-state index contributed by atoms with van der Waals surface area (Å²) in [5, 5.41) is 0. The van der Waals surface area contributed by atoms with Crippen molar-refractivity contribution in [2.75, 3.05) is 24.7 Å². The Labute approximate surface area is 124 Å². The predicted octanol–water partition coefficient (Wildman–Crippen LogP) is 3.35. The quantitative estimate of drug-likeness (QED) is 0.869. The smallest absolute Gasteiger partial charge is 0.178 e. The Bertz CT molecular complexity index is 755. The monoisotopic (exact) mass is 307 g/mol. The van der Waals surface area contributed by atoms with E-state index in [2.05, 4.69) is 0 Å². The molecule has 0 aliphatic carbocycles. The first-order chi connectivity index (χ1) is 9.86. The normalized spacial score (nSPS) is 11.4. The van der Waals surface area contributed by atoms with Gasteiger partial charge in [-0.05, 0) is 18.2 Å². The van der Waals surface area contributed by atoms with Gasteiger partial charge in [0.2, 0.25) is 0 Å². The van der Waals surface area contributed by atoms with E-state index in [0.717, 1.165) is 0 Å². The molecule has 0 saturated carbocycles. The molecular formula is C16H18FNO2S. The van der Waals surface area contributed by atoms with E-state index in [-0.39, 0.29) is 16.5 Å². The van der Waals surface area contributed by atoms with Gasteiger partial charge in [0, 0.05) is 30.9 Å². The zero-order valence-electron chi connectivity index (χ0n) is 12.3. The van der Waals surface area contributed by atoms with E-state index in [4.69, 9.17) is 0 Å². The number of hydrogen-bond acceptors (Lipinski definition) is 3. The molecule has 3 nitrogen and oxygen atoms in total. The average Bonchev–Trinajstić information content (AvgIpc) is 2.47. The first kappa shape index (κ1) is 15.5. The molecule has 0 aliphatic heterocycles. The fourth-order valence-corrected chi connectivity index (χ4v) is 3.05. The van der Waals surface area contributed by atoms with Gasteiger partial charge in [0.1, 0.15) is 5.82 Å². The number of sulfone groups is 1. The zero-order chi connectivity index (χ0) is 15.6. The van der Waals surface area contributed by atoms with Crippen molar-refractivity contribution in [2.24, 2.45) is 0 Å². The highest BCUT2D eigenvalue weighted by molar-refractivity contribution is 7.91. The molecule has 0 N–H and O–H groups in total. The summed E-state index contributed by atoms with van der Waals surface area (Å²) in [6, 6.07) is 11.3. The van der Waals surface area contributed by atoms with E-state index in [0.29, 0.717) is 16.8 Å². The van der Waals surface area contributed by atoms with E-state index in [9.17, 15) is 12.8 Å². The molecular weight excluding hydrogens is 289 g/mol. The number of anilines is 1. The lowest BCUT2D eigenvalue weighted by molar-refractivity contribution is 0.597. The first-order valence-corrected chi connectivity index (χ1v) is 8.31. The molecule has 0 amide bonds. The maximum Gasteiger partial charge on any atom is 0.178 e. The van der Waals surface area contributed by atoms with Crippen LogP contribution < -0.4 is 4.90 Å². The largest absolute Gasteiger partial charge is 0.377 e. The fourth-order valence-electron chi connectivity index (χ4n) is 2.15. The number of halogens is 1. The fraction of sp³-hybridized carbons (Fsp3) is 0.250. The van der Waals surface area contributed by atoms with Crippen molar-refractivity contribution in [1.82, 2.24) is 0 Å². The van der Waals surface area contributed by atoms with Gasteiger partial charge in [0.05, 0.1) is 10.6 Å². The van der Waals surface area contributed by atoms with Crippen LogP contribution in [0.2, 0.25) is 0 Å². The molecule has 2 aromatic carbocycles. The van der Waals surface area contributed by atoms with Gasteiger partial charge in [-0.25, -0.2) is 12.8 Å². The highest BCUT2D eigenvalue weighted by Crippen LogP contribution is 2.33. The van der Waals surface area contributed by atoms with Crippen molar-refractivity contribution in [1.29, 1.82) is 0 Å². The third kappa shape index (κ3) is 3.08. The minimum atomic E-state index is -3.28. The van der Waals surface area contributed by atoms with Gasteiger partial charge in [-0.3, -0.25) is 0 Å². The standard InChI is InChI=1S/C16H18FNO2S/c1-4-21(19,20)12-9-10-14(16(11-12)18(2)3)13-7-5-6-8-15(13)17/h5-11H,4H2,1-3H3. The first-order valence-electron chi connectivity index (χ1n) is 6.66. The summed E-state index contributed by atoms with van der Waals surface area (Å²) in [5.41, 5.74) is 1.81. The topological polar surface area (TPSA) is 37.4 Å². The van der Waals surface area contributed by atoms with Crippen molar-refractivity contribution >= 4 is 15.5 Å². The van der Waals surface area contributed by atoms with Crippen LogP contribution >= 0.6 is 0 Å². The molecule has 0 aromatic heterocycles. The lowest BCUT2D eigenvalue weighted by Crippen LogP contribution is -2.12. The van der Waals surface area contributed by atoms with Gasteiger partial charge in [-0.15, -0.1) is 0 Å². The summed E-state index contributed by atoms with van der Waals surface area (Å²) in [6.45, 7) is 1.61. The molecule has 0 heterocycles. The Morgan fingerprint density at radius 2 is 1.71 bits per heavy atom. The third-order valence-electron chi connectivity index (χ3n) is 3.35. The van der Waals surface area contributed by atoms with Crippen LogP contribution in [-0.2, 0) is 9.84 Å². The molecule has 0 radical (unpaired) electrons. The lowest BCUT2D eigenvalue weighted by Gasteiger charge is -2.19. The Morgan fingerprint density at radius 1 is 1.05 bits per heavy atom. The SMILES string of the molecule is CCS(=O)(=O)c1ccc(-c2ccccc2F)c(N(C)C)c1. The average molecular weight is 307 g/mol. The van der Waals surface area contributed by atoms with E-state index >= 15 is 0 Å². The summed E-state index contributed by atoms with van der Waals surface area (Å²) in [4.78, 5) is 2.05. The second-order valence-electron chi connectivity index (χ2n) is 4.96. The van der Waals surface area contributed by atoms with Crippen LogP contribution in [-0.4, -0.2) is 28.3 Å². The number of rotatable bonds is 4. The van der Waals surface area contributed by atoms with Crippen LogP contribution in [0.5, 0.6) is 0 Å². The highest BCUT2D eigenvalue weighted by atomic mass is 32.2. The molecule has 0 aliphatic rings. The van der Waals surface area contributed by atoms with Crippen LogP contribution in [0.4, 0.5) is 10.1 Å². The molecule has 2 aromatic rings. The maximum absolute atomic E-state index is 14.0. The maximum atomic E-state index is 14.0.